The summed E-state index contributed by atoms with van der Waals surface area (Å²) >= 11 is 5.95. The smallest absolute Gasteiger partial charge is 0.150 e. The zero-order valence-corrected chi connectivity index (χ0v) is 20.1. The lowest BCUT2D eigenvalue weighted by molar-refractivity contribution is -0.0366. The van der Waals surface area contributed by atoms with Crippen LogP contribution in [0.25, 0.3) is 10.9 Å². The highest BCUT2D eigenvalue weighted by Gasteiger charge is 2.39. The van der Waals surface area contributed by atoms with E-state index in [1.54, 1.807) is 0 Å². The van der Waals surface area contributed by atoms with E-state index in [9.17, 15) is 0 Å². The quantitative estimate of drug-likeness (QED) is 0.424. The molecule has 2 aliphatic heterocycles. The molecule has 3 aromatic rings. The average Bonchev–Trinajstić information content (AvgIpc) is 3.20. The van der Waals surface area contributed by atoms with Gasteiger partial charge < -0.3 is 4.74 Å². The standard InChI is InChI=1S/C26H30ClF2N3O/c1-15(2)10-23-25(26-20(28)11-16(27)12-21(26)29)17-7-8-22-18(19(17)14-31(23)3)13-30-32(22)24-6-4-5-9-33-24/h7-8,11-13,15,23-25H,4-6,9-10,14H2,1-3H3/t23-,24?,25+/m0/s1. The fourth-order valence-corrected chi connectivity index (χ4v) is 5.83. The second kappa shape index (κ2) is 8.97. The molecule has 33 heavy (non-hydrogen) atoms. The molecule has 2 aromatic carbocycles. The Morgan fingerprint density at radius 3 is 2.61 bits per heavy atom. The molecule has 1 saturated heterocycles. The SMILES string of the molecule is CC(C)C[C@H]1[C@H](c2c(F)cc(Cl)cc2F)c2ccc3c(cnn3C3CCCCO3)c2CN1C. The Balaban J connectivity index is 1.68. The third-order valence-electron chi connectivity index (χ3n) is 7.12. The van der Waals surface area contributed by atoms with Crippen LogP contribution < -0.4 is 0 Å². The minimum atomic E-state index is -0.591. The molecule has 0 spiro atoms. The molecule has 0 bridgehead atoms. The first kappa shape index (κ1) is 22.8. The molecule has 0 N–H and O–H groups in total. The lowest BCUT2D eigenvalue weighted by Gasteiger charge is -2.42. The van der Waals surface area contributed by atoms with E-state index in [0.717, 1.165) is 54.3 Å². The summed E-state index contributed by atoms with van der Waals surface area (Å²) in [7, 11) is 2.04. The third-order valence-corrected chi connectivity index (χ3v) is 7.34. The molecule has 5 rings (SSSR count). The first-order chi connectivity index (χ1) is 15.8. The van der Waals surface area contributed by atoms with Crippen LogP contribution >= 0.6 is 11.6 Å². The maximum atomic E-state index is 15.2. The summed E-state index contributed by atoms with van der Waals surface area (Å²) in [6, 6.07) is 6.49. The van der Waals surface area contributed by atoms with Crippen molar-refractivity contribution in [1.29, 1.82) is 0 Å². The molecule has 3 heterocycles. The predicted molar refractivity (Wildman–Crippen MR) is 126 cm³/mol. The number of aromatic nitrogens is 2. The van der Waals surface area contributed by atoms with Crippen LogP contribution in [0.2, 0.25) is 5.02 Å². The Hall–Kier alpha value is -2.02. The van der Waals surface area contributed by atoms with Crippen molar-refractivity contribution in [3.63, 3.8) is 0 Å². The van der Waals surface area contributed by atoms with Crippen molar-refractivity contribution in [3.8, 4) is 0 Å². The van der Waals surface area contributed by atoms with Gasteiger partial charge in [-0.15, -0.1) is 0 Å². The lowest BCUT2D eigenvalue weighted by Crippen LogP contribution is -2.42. The molecule has 4 nitrogen and oxygen atoms in total. The van der Waals surface area contributed by atoms with Gasteiger partial charge >= 0.3 is 0 Å². The number of hydrogen-bond donors (Lipinski definition) is 0. The number of ether oxygens (including phenoxy) is 1. The van der Waals surface area contributed by atoms with E-state index >= 15 is 8.78 Å². The van der Waals surface area contributed by atoms with Gasteiger partial charge in [0.2, 0.25) is 0 Å². The number of halogens is 3. The van der Waals surface area contributed by atoms with Gasteiger partial charge in [-0.2, -0.15) is 5.10 Å². The van der Waals surface area contributed by atoms with Crippen LogP contribution in [0.15, 0.2) is 30.5 Å². The molecular formula is C26H30ClF2N3O. The van der Waals surface area contributed by atoms with Crippen molar-refractivity contribution < 1.29 is 13.5 Å². The summed E-state index contributed by atoms with van der Waals surface area (Å²) < 4.78 is 38.4. The van der Waals surface area contributed by atoms with Gasteiger partial charge in [-0.05, 0) is 68.0 Å². The molecule has 0 radical (unpaired) electrons. The molecule has 1 unspecified atom stereocenters. The molecule has 176 valence electrons. The topological polar surface area (TPSA) is 30.3 Å². The monoisotopic (exact) mass is 473 g/mol. The summed E-state index contributed by atoms with van der Waals surface area (Å²) in [5.41, 5.74) is 3.15. The number of fused-ring (bicyclic) bond motifs is 3. The summed E-state index contributed by atoms with van der Waals surface area (Å²) in [5.74, 6) is -1.23. The van der Waals surface area contributed by atoms with E-state index in [4.69, 9.17) is 16.3 Å². The normalized spacial score (nSPS) is 23.9. The average molecular weight is 474 g/mol. The Kier molecular flexibility index (Phi) is 6.19. The minimum absolute atomic E-state index is 0.0307. The van der Waals surface area contributed by atoms with Crippen LogP contribution in [0.1, 0.15) is 68.4 Å². The van der Waals surface area contributed by atoms with Gasteiger partial charge in [0, 0.05) is 41.1 Å². The van der Waals surface area contributed by atoms with Crippen LogP contribution in [0, 0.1) is 17.6 Å². The summed E-state index contributed by atoms with van der Waals surface area (Å²) in [4.78, 5) is 2.23. The highest BCUT2D eigenvalue weighted by Crippen LogP contribution is 2.44. The predicted octanol–water partition coefficient (Wildman–Crippen LogP) is 6.66. The van der Waals surface area contributed by atoms with Crippen molar-refractivity contribution in [1.82, 2.24) is 14.7 Å². The molecule has 1 fully saturated rings. The molecule has 3 atom stereocenters. The van der Waals surface area contributed by atoms with Gasteiger partial charge in [0.05, 0.1) is 11.7 Å². The van der Waals surface area contributed by atoms with E-state index in [1.165, 1.54) is 12.1 Å². The number of likely N-dealkylation sites (N-methyl/N-ethyl adjacent to an activating group) is 1. The van der Waals surface area contributed by atoms with Crippen LogP contribution in [0.5, 0.6) is 0 Å². The molecule has 7 heteroatoms. The van der Waals surface area contributed by atoms with Gasteiger partial charge in [-0.3, -0.25) is 4.90 Å². The second-order valence-corrected chi connectivity index (χ2v) is 10.3. The molecular weight excluding hydrogens is 444 g/mol. The molecule has 0 amide bonds. The number of nitrogens with zero attached hydrogens (tertiary/aromatic N) is 3. The summed E-state index contributed by atoms with van der Waals surface area (Å²) in [5, 5.41) is 5.77. The third kappa shape index (κ3) is 4.07. The maximum absolute atomic E-state index is 15.2. The van der Waals surface area contributed by atoms with Crippen molar-refractivity contribution in [2.45, 2.75) is 64.3 Å². The van der Waals surface area contributed by atoms with Crippen molar-refractivity contribution in [3.05, 3.63) is 63.8 Å². The van der Waals surface area contributed by atoms with Crippen LogP contribution in [0.3, 0.4) is 0 Å². The van der Waals surface area contributed by atoms with Gasteiger partial charge in [0.25, 0.3) is 0 Å². The van der Waals surface area contributed by atoms with E-state index in [0.29, 0.717) is 12.5 Å². The zero-order valence-electron chi connectivity index (χ0n) is 19.3. The first-order valence-corrected chi connectivity index (χ1v) is 12.2. The Morgan fingerprint density at radius 1 is 1.18 bits per heavy atom. The van der Waals surface area contributed by atoms with Crippen LogP contribution in [-0.4, -0.2) is 34.4 Å². The minimum Gasteiger partial charge on any atom is -0.356 e. The van der Waals surface area contributed by atoms with Crippen molar-refractivity contribution in [2.24, 2.45) is 5.92 Å². The maximum Gasteiger partial charge on any atom is 0.150 e. The Morgan fingerprint density at radius 2 is 1.94 bits per heavy atom. The molecule has 0 saturated carbocycles. The molecule has 2 aliphatic rings. The number of benzene rings is 2. The lowest BCUT2D eigenvalue weighted by atomic mass is 9.75. The largest absolute Gasteiger partial charge is 0.356 e. The Labute approximate surface area is 198 Å². The van der Waals surface area contributed by atoms with Gasteiger partial charge in [-0.1, -0.05) is 31.5 Å². The van der Waals surface area contributed by atoms with Crippen LogP contribution in [0.4, 0.5) is 8.78 Å². The second-order valence-electron chi connectivity index (χ2n) is 9.85. The number of rotatable bonds is 4. The number of hydrogen-bond acceptors (Lipinski definition) is 3. The fourth-order valence-electron chi connectivity index (χ4n) is 5.63. The van der Waals surface area contributed by atoms with E-state index in [2.05, 4.69) is 23.8 Å². The molecule has 0 aliphatic carbocycles. The fraction of sp³-hybridized carbons (Fsp3) is 0.500. The highest BCUT2D eigenvalue weighted by atomic mass is 35.5. The first-order valence-electron chi connectivity index (χ1n) is 11.8. The van der Waals surface area contributed by atoms with Gasteiger partial charge in [0.1, 0.15) is 11.6 Å². The van der Waals surface area contributed by atoms with E-state index in [-0.39, 0.29) is 22.9 Å². The Bertz CT molecular complexity index is 1150. The van der Waals surface area contributed by atoms with E-state index in [1.807, 2.05) is 30.1 Å². The van der Waals surface area contributed by atoms with Crippen molar-refractivity contribution in [2.75, 3.05) is 13.7 Å². The van der Waals surface area contributed by atoms with Crippen molar-refractivity contribution >= 4 is 22.5 Å². The summed E-state index contributed by atoms with van der Waals surface area (Å²) in [6.07, 6.45) is 5.78. The van der Waals surface area contributed by atoms with Gasteiger partial charge in [0.15, 0.2) is 6.23 Å². The van der Waals surface area contributed by atoms with Crippen LogP contribution in [-0.2, 0) is 11.3 Å². The zero-order chi connectivity index (χ0) is 23.3. The van der Waals surface area contributed by atoms with E-state index < -0.39 is 17.6 Å². The summed E-state index contributed by atoms with van der Waals surface area (Å²) in [6.45, 7) is 5.74. The molecule has 1 aromatic heterocycles. The van der Waals surface area contributed by atoms with Gasteiger partial charge in [-0.25, -0.2) is 13.5 Å². The highest BCUT2D eigenvalue weighted by molar-refractivity contribution is 6.30.